The third-order valence-corrected chi connectivity index (χ3v) is 3.74. The van der Waals surface area contributed by atoms with Crippen molar-refractivity contribution >= 4 is 0 Å². The maximum Gasteiger partial charge on any atom is 0.213 e. The number of pyridine rings is 1. The molecule has 2 aliphatic rings. The molecule has 2 fully saturated rings. The third kappa shape index (κ3) is 3.00. The van der Waals surface area contributed by atoms with E-state index in [1.54, 1.807) is 7.11 Å². The summed E-state index contributed by atoms with van der Waals surface area (Å²) in [6, 6.07) is 5.61. The molecule has 0 amide bonds. The summed E-state index contributed by atoms with van der Waals surface area (Å²) in [6.07, 6.45) is 5.85. The summed E-state index contributed by atoms with van der Waals surface area (Å²) in [5.74, 6) is 0.708. The second kappa shape index (κ2) is 5.24. The molecule has 1 aromatic rings. The average Bonchev–Trinajstić information content (AvgIpc) is 3.09. The van der Waals surface area contributed by atoms with Crippen LogP contribution < -0.4 is 10.1 Å². The molecular weight excluding hydrogens is 226 g/mol. The van der Waals surface area contributed by atoms with Gasteiger partial charge < -0.3 is 10.1 Å². The fraction of sp³-hybridized carbons (Fsp3) is 0.643. The smallest absolute Gasteiger partial charge is 0.213 e. The second-order valence-electron chi connectivity index (χ2n) is 5.37. The summed E-state index contributed by atoms with van der Waals surface area (Å²) in [4.78, 5) is 6.65. The van der Waals surface area contributed by atoms with Crippen LogP contribution in [0.3, 0.4) is 0 Å². The Hall–Kier alpha value is -1.13. The van der Waals surface area contributed by atoms with E-state index in [9.17, 15) is 0 Å². The summed E-state index contributed by atoms with van der Waals surface area (Å²) in [5, 5.41) is 3.71. The molecule has 0 aromatic carbocycles. The van der Waals surface area contributed by atoms with Crippen LogP contribution in [-0.4, -0.2) is 42.2 Å². The molecule has 1 N–H and O–H groups in total. The standard InChI is InChI=1S/C14H21N3O/c1-18-14-8-11(4-6-15-14)9-17-7-5-13(10-17)16-12-2-3-12/h4,6,8,12-13,16H,2-3,5,7,9-10H2,1H3. The average molecular weight is 247 g/mol. The predicted octanol–water partition coefficient (Wildman–Crippen LogP) is 1.42. The van der Waals surface area contributed by atoms with Gasteiger partial charge in [0.1, 0.15) is 0 Å². The van der Waals surface area contributed by atoms with Gasteiger partial charge in [-0.1, -0.05) is 0 Å². The van der Waals surface area contributed by atoms with Crippen LogP contribution in [-0.2, 0) is 6.54 Å². The zero-order valence-electron chi connectivity index (χ0n) is 10.9. The van der Waals surface area contributed by atoms with Crippen LogP contribution in [0.1, 0.15) is 24.8 Å². The minimum atomic E-state index is 0.696. The topological polar surface area (TPSA) is 37.4 Å². The summed E-state index contributed by atoms with van der Waals surface area (Å²) < 4.78 is 5.16. The monoisotopic (exact) mass is 247 g/mol. The molecule has 98 valence electrons. The largest absolute Gasteiger partial charge is 0.481 e. The molecule has 0 radical (unpaired) electrons. The SMILES string of the molecule is COc1cc(CN2CCC(NC3CC3)C2)ccn1. The van der Waals surface area contributed by atoms with Gasteiger partial charge in [0.2, 0.25) is 5.88 Å². The quantitative estimate of drug-likeness (QED) is 0.854. The maximum atomic E-state index is 5.16. The minimum Gasteiger partial charge on any atom is -0.481 e. The zero-order chi connectivity index (χ0) is 12.4. The number of rotatable bonds is 5. The van der Waals surface area contributed by atoms with E-state index in [0.29, 0.717) is 11.9 Å². The molecule has 4 heteroatoms. The Balaban J connectivity index is 1.52. The van der Waals surface area contributed by atoms with Gasteiger partial charge in [0.15, 0.2) is 0 Å². The lowest BCUT2D eigenvalue weighted by molar-refractivity contribution is 0.318. The highest BCUT2D eigenvalue weighted by Gasteiger charge is 2.28. The van der Waals surface area contributed by atoms with Gasteiger partial charge in [0, 0.05) is 44.0 Å². The highest BCUT2D eigenvalue weighted by Crippen LogP contribution is 2.22. The van der Waals surface area contributed by atoms with Crippen molar-refractivity contribution in [1.82, 2.24) is 15.2 Å². The Bertz CT molecular complexity index is 406. The number of hydrogen-bond donors (Lipinski definition) is 1. The summed E-state index contributed by atoms with van der Waals surface area (Å²) in [6.45, 7) is 3.36. The summed E-state index contributed by atoms with van der Waals surface area (Å²) >= 11 is 0. The number of likely N-dealkylation sites (tertiary alicyclic amines) is 1. The van der Waals surface area contributed by atoms with Crippen molar-refractivity contribution < 1.29 is 4.74 Å². The normalized spacial score (nSPS) is 24.4. The lowest BCUT2D eigenvalue weighted by Gasteiger charge is -2.16. The molecule has 3 rings (SSSR count). The number of nitrogens with one attached hydrogen (secondary N) is 1. The molecule has 0 spiro atoms. The number of methoxy groups -OCH3 is 1. The van der Waals surface area contributed by atoms with Crippen molar-refractivity contribution in [3.8, 4) is 5.88 Å². The van der Waals surface area contributed by atoms with Crippen LogP contribution in [0.5, 0.6) is 5.88 Å². The lowest BCUT2D eigenvalue weighted by Crippen LogP contribution is -2.33. The molecule has 4 nitrogen and oxygen atoms in total. The molecule has 1 aliphatic heterocycles. The molecular formula is C14H21N3O. The third-order valence-electron chi connectivity index (χ3n) is 3.74. The van der Waals surface area contributed by atoms with Crippen LogP contribution >= 0.6 is 0 Å². The minimum absolute atomic E-state index is 0.696. The summed E-state index contributed by atoms with van der Waals surface area (Å²) in [5.41, 5.74) is 1.29. The molecule has 1 atom stereocenters. The molecule has 18 heavy (non-hydrogen) atoms. The van der Waals surface area contributed by atoms with Crippen molar-refractivity contribution in [2.75, 3.05) is 20.2 Å². The summed E-state index contributed by atoms with van der Waals surface area (Å²) in [7, 11) is 1.66. The van der Waals surface area contributed by atoms with E-state index in [1.807, 2.05) is 12.3 Å². The van der Waals surface area contributed by atoms with Crippen molar-refractivity contribution in [2.24, 2.45) is 0 Å². The van der Waals surface area contributed by atoms with Crippen molar-refractivity contribution in [1.29, 1.82) is 0 Å². The van der Waals surface area contributed by atoms with Crippen LogP contribution in [0.15, 0.2) is 18.3 Å². The first kappa shape index (κ1) is 11.9. The highest BCUT2D eigenvalue weighted by molar-refractivity contribution is 5.20. The van der Waals surface area contributed by atoms with Gasteiger partial charge in [-0.15, -0.1) is 0 Å². The van der Waals surface area contributed by atoms with Crippen molar-refractivity contribution in [3.05, 3.63) is 23.9 Å². The van der Waals surface area contributed by atoms with Crippen LogP contribution in [0.25, 0.3) is 0 Å². The van der Waals surface area contributed by atoms with E-state index in [1.165, 1.54) is 37.9 Å². The van der Waals surface area contributed by atoms with Gasteiger partial charge in [-0.05, 0) is 30.9 Å². The fourth-order valence-electron chi connectivity index (χ4n) is 2.61. The predicted molar refractivity (Wildman–Crippen MR) is 70.6 cm³/mol. The van der Waals surface area contributed by atoms with E-state index < -0.39 is 0 Å². The molecule has 1 saturated carbocycles. The Morgan fingerprint density at radius 3 is 3.06 bits per heavy atom. The second-order valence-corrected chi connectivity index (χ2v) is 5.37. The molecule has 1 unspecified atom stereocenters. The Morgan fingerprint density at radius 2 is 2.28 bits per heavy atom. The van der Waals surface area contributed by atoms with E-state index in [0.717, 1.165) is 12.6 Å². The Labute approximate surface area is 108 Å². The van der Waals surface area contributed by atoms with Crippen LogP contribution in [0.2, 0.25) is 0 Å². The molecule has 0 bridgehead atoms. The number of ether oxygens (including phenoxy) is 1. The van der Waals surface area contributed by atoms with Gasteiger partial charge in [-0.2, -0.15) is 0 Å². The van der Waals surface area contributed by atoms with Gasteiger partial charge in [0.05, 0.1) is 7.11 Å². The first-order valence-corrected chi connectivity index (χ1v) is 6.81. The van der Waals surface area contributed by atoms with Crippen molar-refractivity contribution in [2.45, 2.75) is 37.9 Å². The fourth-order valence-corrected chi connectivity index (χ4v) is 2.61. The molecule has 1 aliphatic carbocycles. The van der Waals surface area contributed by atoms with E-state index in [2.05, 4.69) is 21.3 Å². The van der Waals surface area contributed by atoms with Crippen LogP contribution in [0.4, 0.5) is 0 Å². The molecule has 1 aromatic heterocycles. The highest BCUT2D eigenvalue weighted by atomic mass is 16.5. The first-order valence-electron chi connectivity index (χ1n) is 6.81. The van der Waals surface area contributed by atoms with Gasteiger partial charge in [-0.3, -0.25) is 4.90 Å². The lowest BCUT2D eigenvalue weighted by atomic mass is 10.2. The van der Waals surface area contributed by atoms with E-state index in [4.69, 9.17) is 4.74 Å². The van der Waals surface area contributed by atoms with Gasteiger partial charge in [-0.25, -0.2) is 4.98 Å². The maximum absolute atomic E-state index is 5.16. The first-order chi connectivity index (χ1) is 8.83. The molecule has 2 heterocycles. The molecule has 1 saturated heterocycles. The number of aromatic nitrogens is 1. The number of hydrogen-bond acceptors (Lipinski definition) is 4. The van der Waals surface area contributed by atoms with Crippen LogP contribution in [0, 0.1) is 0 Å². The van der Waals surface area contributed by atoms with E-state index >= 15 is 0 Å². The van der Waals surface area contributed by atoms with Gasteiger partial charge in [0.25, 0.3) is 0 Å². The Morgan fingerprint density at radius 1 is 1.39 bits per heavy atom. The Kier molecular flexibility index (Phi) is 3.48. The van der Waals surface area contributed by atoms with Crippen molar-refractivity contribution in [3.63, 3.8) is 0 Å². The zero-order valence-corrected chi connectivity index (χ0v) is 10.9. The van der Waals surface area contributed by atoms with E-state index in [-0.39, 0.29) is 0 Å². The van der Waals surface area contributed by atoms with Gasteiger partial charge >= 0.3 is 0 Å². The number of nitrogens with zero attached hydrogens (tertiary/aromatic N) is 2.